The summed E-state index contributed by atoms with van der Waals surface area (Å²) in [6.07, 6.45) is 0. The third kappa shape index (κ3) is 3.46. The van der Waals surface area contributed by atoms with E-state index < -0.39 is 28.5 Å². The monoisotopic (exact) mass is 471 g/mol. The van der Waals surface area contributed by atoms with Crippen LogP contribution in [0.4, 0.5) is 0 Å². The molecule has 16 heteroatoms. The van der Waals surface area contributed by atoms with Gasteiger partial charge in [0.25, 0.3) is 20.9 Å². The van der Waals surface area contributed by atoms with Crippen LogP contribution in [0.25, 0.3) is 0 Å². The predicted octanol–water partition coefficient (Wildman–Crippen LogP) is 8.10. The molecule has 2 rings (SSSR count). The van der Waals surface area contributed by atoms with Crippen LogP contribution in [0.15, 0.2) is 13.5 Å². The first-order valence-corrected chi connectivity index (χ1v) is 13.7. The van der Waals surface area contributed by atoms with E-state index in [-0.39, 0.29) is 0 Å². The highest BCUT2D eigenvalue weighted by Crippen LogP contribution is 2.89. The van der Waals surface area contributed by atoms with Crippen LogP contribution in [0.2, 0.25) is 0 Å². The molecule has 2 heterocycles. The largest absolute Gasteiger partial charge is 0.351 e. The Morgan fingerprint density at radius 3 is 1.44 bits per heavy atom. The van der Waals surface area contributed by atoms with E-state index in [1.54, 1.807) is 0 Å². The second kappa shape index (κ2) is 4.96. The zero-order valence-corrected chi connectivity index (χ0v) is 16.3. The molecule has 0 radical (unpaired) electrons. The molecule has 0 aromatic carbocycles. The minimum atomic E-state index is -3.53. The maximum absolute atomic E-state index is 5.85. The Morgan fingerprint density at radius 1 is 0.667 bits per heavy atom. The van der Waals surface area contributed by atoms with Crippen molar-refractivity contribution in [1.29, 1.82) is 0 Å². The summed E-state index contributed by atoms with van der Waals surface area (Å²) in [5.74, 6) is -6.47. The summed E-state index contributed by atoms with van der Waals surface area (Å²) in [5.41, 5.74) is 0. The lowest BCUT2D eigenvalue weighted by Crippen LogP contribution is -2.31. The number of halogens is 8. The van der Waals surface area contributed by atoms with Gasteiger partial charge in [-0.05, 0) is 45.0 Å². The Balaban J connectivity index is 2.65. The molecule has 0 atom stereocenters. The van der Waals surface area contributed by atoms with Gasteiger partial charge in [0, 0.05) is 0 Å². The van der Waals surface area contributed by atoms with E-state index in [1.807, 2.05) is 0 Å². The van der Waals surface area contributed by atoms with Crippen molar-refractivity contribution >= 4 is 111 Å². The van der Waals surface area contributed by atoms with Gasteiger partial charge in [0.15, 0.2) is 0 Å². The van der Waals surface area contributed by atoms with Crippen LogP contribution in [-0.2, 0) is 9.05 Å². The summed E-state index contributed by atoms with van der Waals surface area (Å²) in [5, 5.41) is 0. The van der Waals surface area contributed by atoms with E-state index in [0.29, 0.717) is 0 Å². The molecule has 1 spiro atoms. The molecule has 5 nitrogen and oxygen atoms in total. The maximum Gasteiger partial charge on any atom is 0.351 e. The quantitative estimate of drug-likeness (QED) is 0.263. The summed E-state index contributed by atoms with van der Waals surface area (Å²) >= 11 is 46.4. The number of hydrogen-bond acceptors (Lipinski definition) is 5. The third-order valence-corrected chi connectivity index (χ3v) is 14.8. The summed E-state index contributed by atoms with van der Waals surface area (Å²) in [4.78, 5) is 0. The molecular formula is C2Cl8N3O2P3. The van der Waals surface area contributed by atoms with Gasteiger partial charge in [-0.15, -0.1) is 0 Å². The van der Waals surface area contributed by atoms with Crippen LogP contribution < -0.4 is 0 Å². The zero-order chi connectivity index (χ0) is 14.0. The van der Waals surface area contributed by atoms with Crippen LogP contribution in [-0.4, -0.2) is 9.04 Å². The molecule has 0 aromatic heterocycles. The predicted molar refractivity (Wildman–Crippen MR) is 82.5 cm³/mol. The first-order valence-electron chi connectivity index (χ1n) is 3.66. The Hall–Kier alpha value is 2.93. The van der Waals surface area contributed by atoms with Gasteiger partial charge in [-0.25, -0.2) is 0 Å². The molecule has 0 bridgehead atoms. The Kier molecular flexibility index (Phi) is 4.77. The van der Waals surface area contributed by atoms with Crippen molar-refractivity contribution in [3.8, 4) is 0 Å². The molecule has 0 aromatic rings. The summed E-state index contributed by atoms with van der Waals surface area (Å²) in [7, 11) is -3.53. The molecule has 18 heavy (non-hydrogen) atoms. The van der Waals surface area contributed by atoms with Crippen LogP contribution in [0.5, 0.6) is 0 Å². The van der Waals surface area contributed by atoms with E-state index in [9.17, 15) is 0 Å². The van der Waals surface area contributed by atoms with Gasteiger partial charge in [0.1, 0.15) is 0 Å². The maximum atomic E-state index is 5.85. The van der Waals surface area contributed by atoms with Crippen LogP contribution in [0, 0.1) is 0 Å². The first-order chi connectivity index (χ1) is 7.79. The highest BCUT2D eigenvalue weighted by atomic mass is 35.9. The fourth-order valence-corrected chi connectivity index (χ4v) is 16.3. The van der Waals surface area contributed by atoms with Crippen LogP contribution in [0.3, 0.4) is 0 Å². The topological polar surface area (TPSA) is 55.5 Å². The van der Waals surface area contributed by atoms with E-state index in [1.165, 1.54) is 0 Å². The van der Waals surface area contributed by atoms with Crippen molar-refractivity contribution in [2.24, 2.45) is 13.5 Å². The van der Waals surface area contributed by atoms with Crippen LogP contribution in [0.1, 0.15) is 0 Å². The van der Waals surface area contributed by atoms with E-state index in [2.05, 4.69) is 13.5 Å². The molecule has 1 fully saturated rings. The zero-order valence-electron chi connectivity index (χ0n) is 7.52. The molecule has 106 valence electrons. The lowest BCUT2D eigenvalue weighted by atomic mass is 10.7. The van der Waals surface area contributed by atoms with Gasteiger partial charge in [0.2, 0.25) is 0 Å². The minimum Gasteiger partial charge on any atom is -0.263 e. The molecule has 0 aliphatic carbocycles. The SMILES string of the molecule is ClC1(Cl)OP2(=NP(Cl)(Cl)=NP(Cl)(Cl)=N2)OC1(Cl)Cl. The summed E-state index contributed by atoms with van der Waals surface area (Å²) < 4.78 is 17.4. The molecular weight excluding hydrogens is 475 g/mol. The highest BCUT2D eigenvalue weighted by Gasteiger charge is 2.64. The van der Waals surface area contributed by atoms with Crippen molar-refractivity contribution < 1.29 is 9.05 Å². The highest BCUT2D eigenvalue weighted by molar-refractivity contribution is 8.20. The molecule has 1 saturated heterocycles. The minimum absolute atomic E-state index is 2.13. The smallest absolute Gasteiger partial charge is 0.263 e. The molecule has 0 unspecified atom stereocenters. The van der Waals surface area contributed by atoms with E-state index >= 15 is 0 Å². The van der Waals surface area contributed by atoms with Gasteiger partial charge >= 0.3 is 7.66 Å². The number of rotatable bonds is 0. The van der Waals surface area contributed by atoms with E-state index in [0.717, 1.165) is 0 Å². The fourth-order valence-electron chi connectivity index (χ4n) is 0.952. The third-order valence-electron chi connectivity index (χ3n) is 1.46. The van der Waals surface area contributed by atoms with E-state index in [4.69, 9.17) is 100 Å². The standard InChI is InChI=1S/C2Cl8N3O2P3/c3-1(4)2(5,6)15-18(14-1)12-16(7,8)11-17(9,10)13-18. The normalized spacial score (nSPS) is 33.3. The van der Waals surface area contributed by atoms with Gasteiger partial charge in [0.05, 0.1) is 0 Å². The average Bonchev–Trinajstić information content (AvgIpc) is 2.05. The number of alkyl halides is 4. The fraction of sp³-hybridized carbons (Fsp3) is 1.00. The summed E-state index contributed by atoms with van der Waals surface area (Å²) in [6.45, 7) is 0. The van der Waals surface area contributed by atoms with Crippen molar-refractivity contribution in [2.45, 2.75) is 9.04 Å². The average molecular weight is 475 g/mol. The van der Waals surface area contributed by atoms with Gasteiger partial charge in [-0.3, -0.25) is 9.05 Å². The van der Waals surface area contributed by atoms with Gasteiger partial charge < -0.3 is 0 Å². The Labute approximate surface area is 141 Å². The van der Waals surface area contributed by atoms with Gasteiger partial charge in [-0.1, -0.05) is 46.4 Å². The van der Waals surface area contributed by atoms with Gasteiger partial charge in [-0.2, -0.15) is 13.5 Å². The van der Waals surface area contributed by atoms with Crippen molar-refractivity contribution in [1.82, 2.24) is 0 Å². The molecule has 0 saturated carbocycles. The Bertz CT molecular complexity index is 530. The van der Waals surface area contributed by atoms with Crippen LogP contribution >= 0.6 is 111 Å². The van der Waals surface area contributed by atoms with Crippen molar-refractivity contribution in [3.05, 3.63) is 0 Å². The lowest BCUT2D eigenvalue weighted by molar-refractivity contribution is 0.221. The second-order valence-electron chi connectivity index (χ2n) is 2.89. The Morgan fingerprint density at radius 2 is 1.06 bits per heavy atom. The molecule has 2 aliphatic heterocycles. The summed E-state index contributed by atoms with van der Waals surface area (Å²) in [6, 6.07) is 0. The lowest BCUT2D eigenvalue weighted by Gasteiger charge is -2.20. The molecule has 0 amide bonds. The molecule has 2 aliphatic rings. The second-order valence-corrected chi connectivity index (χ2v) is 17.4. The number of hydrogen-bond donors (Lipinski definition) is 0. The molecule has 0 N–H and O–H groups in total. The van der Waals surface area contributed by atoms with Crippen molar-refractivity contribution in [2.75, 3.05) is 0 Å². The first kappa shape index (κ1) is 17.3. The number of nitrogens with zero attached hydrogens (tertiary/aromatic N) is 3. The van der Waals surface area contributed by atoms with Crippen molar-refractivity contribution in [3.63, 3.8) is 0 Å².